The van der Waals surface area contributed by atoms with Crippen molar-refractivity contribution in [1.29, 1.82) is 0 Å². The van der Waals surface area contributed by atoms with Gasteiger partial charge in [-0.25, -0.2) is 4.98 Å². The first-order valence-electron chi connectivity index (χ1n) is 6.37. The molecule has 0 saturated carbocycles. The summed E-state index contributed by atoms with van der Waals surface area (Å²) in [5.41, 5.74) is 1.36. The van der Waals surface area contributed by atoms with Crippen molar-refractivity contribution < 1.29 is 9.32 Å². The highest BCUT2D eigenvalue weighted by atomic mass is 16.5. The Morgan fingerprint density at radius 1 is 1.42 bits per heavy atom. The average Bonchev–Trinajstić information content (AvgIpc) is 3.02. The van der Waals surface area contributed by atoms with Crippen molar-refractivity contribution in [2.45, 2.75) is 39.2 Å². The van der Waals surface area contributed by atoms with Crippen LogP contribution >= 0.6 is 0 Å². The summed E-state index contributed by atoms with van der Waals surface area (Å²) in [5, 5.41) is 13.3. The average molecular weight is 261 g/mol. The fraction of sp³-hybridized carbons (Fsp3) is 0.500. The third-order valence-electron chi connectivity index (χ3n) is 3.22. The van der Waals surface area contributed by atoms with Crippen LogP contribution in [0.1, 0.15) is 46.3 Å². The molecule has 0 unspecified atom stereocenters. The van der Waals surface area contributed by atoms with Crippen LogP contribution in [0.15, 0.2) is 4.52 Å². The molecule has 7 heteroatoms. The minimum absolute atomic E-state index is 0.227. The van der Waals surface area contributed by atoms with Gasteiger partial charge in [0, 0.05) is 12.0 Å². The highest BCUT2D eigenvalue weighted by Crippen LogP contribution is 2.24. The number of nitrogens with zero attached hydrogens (tertiary/aromatic N) is 3. The molecule has 0 aromatic carbocycles. The van der Waals surface area contributed by atoms with Crippen LogP contribution in [-0.4, -0.2) is 26.2 Å². The standard InChI is InChI=1S/C12H15N5O2/c1-7-14-10(16-15-7)6-13-12(18)11-8-4-2-3-5-9(8)19-17-11/h2-6H2,1H3,(H,13,18)(H,14,15,16). The van der Waals surface area contributed by atoms with Crippen LogP contribution < -0.4 is 5.32 Å². The van der Waals surface area contributed by atoms with Crippen LogP contribution in [0, 0.1) is 6.92 Å². The van der Waals surface area contributed by atoms with Crippen LogP contribution in [0.3, 0.4) is 0 Å². The first kappa shape index (κ1) is 11.9. The Morgan fingerprint density at radius 3 is 3.05 bits per heavy atom. The molecule has 2 heterocycles. The van der Waals surface area contributed by atoms with E-state index in [2.05, 4.69) is 25.7 Å². The van der Waals surface area contributed by atoms with E-state index in [0.29, 0.717) is 11.5 Å². The fourth-order valence-corrected chi connectivity index (χ4v) is 2.27. The summed E-state index contributed by atoms with van der Waals surface area (Å²) in [6.07, 6.45) is 3.91. The predicted octanol–water partition coefficient (Wildman–Crippen LogP) is 0.910. The summed E-state index contributed by atoms with van der Waals surface area (Å²) < 4.78 is 5.22. The summed E-state index contributed by atoms with van der Waals surface area (Å²) in [6.45, 7) is 2.09. The van der Waals surface area contributed by atoms with E-state index < -0.39 is 0 Å². The topological polar surface area (TPSA) is 96.7 Å². The summed E-state index contributed by atoms with van der Waals surface area (Å²) in [4.78, 5) is 16.2. The Labute approximate surface area is 109 Å². The van der Waals surface area contributed by atoms with E-state index in [0.717, 1.165) is 42.8 Å². The van der Waals surface area contributed by atoms with Gasteiger partial charge in [-0.15, -0.1) is 0 Å². The molecule has 2 N–H and O–H groups in total. The van der Waals surface area contributed by atoms with Crippen LogP contribution in [0.4, 0.5) is 0 Å². The van der Waals surface area contributed by atoms with E-state index in [-0.39, 0.29) is 12.5 Å². The molecule has 0 saturated heterocycles. The quantitative estimate of drug-likeness (QED) is 0.856. The van der Waals surface area contributed by atoms with Gasteiger partial charge in [-0.3, -0.25) is 9.89 Å². The minimum atomic E-state index is -0.227. The second-order valence-electron chi connectivity index (χ2n) is 4.66. The molecule has 1 aliphatic carbocycles. The largest absolute Gasteiger partial charge is 0.360 e. The number of aromatic nitrogens is 4. The lowest BCUT2D eigenvalue weighted by Crippen LogP contribution is -2.25. The van der Waals surface area contributed by atoms with Crippen LogP contribution in [0.5, 0.6) is 0 Å². The van der Waals surface area contributed by atoms with Crippen molar-refractivity contribution in [2.24, 2.45) is 0 Å². The number of aryl methyl sites for hydroxylation is 2. The molecule has 1 aliphatic rings. The molecule has 0 fully saturated rings. The maximum Gasteiger partial charge on any atom is 0.274 e. The molecule has 2 aromatic heterocycles. The van der Waals surface area contributed by atoms with E-state index >= 15 is 0 Å². The Morgan fingerprint density at radius 2 is 2.26 bits per heavy atom. The minimum Gasteiger partial charge on any atom is -0.360 e. The number of H-pyrrole nitrogens is 1. The first-order chi connectivity index (χ1) is 9.24. The Balaban J connectivity index is 1.69. The number of carbonyl (C=O) groups is 1. The third-order valence-corrected chi connectivity index (χ3v) is 3.22. The van der Waals surface area contributed by atoms with E-state index in [1.807, 2.05) is 6.92 Å². The number of hydrogen-bond acceptors (Lipinski definition) is 5. The van der Waals surface area contributed by atoms with Gasteiger partial charge in [0.15, 0.2) is 11.5 Å². The first-order valence-corrected chi connectivity index (χ1v) is 6.37. The van der Waals surface area contributed by atoms with Gasteiger partial charge in [-0.2, -0.15) is 5.10 Å². The van der Waals surface area contributed by atoms with Gasteiger partial charge in [0.2, 0.25) is 0 Å². The molecule has 0 atom stereocenters. The zero-order valence-electron chi connectivity index (χ0n) is 10.7. The number of aromatic amines is 1. The zero-order chi connectivity index (χ0) is 13.2. The lowest BCUT2D eigenvalue weighted by Gasteiger charge is -2.08. The van der Waals surface area contributed by atoms with Crippen LogP contribution in [0.25, 0.3) is 0 Å². The second-order valence-corrected chi connectivity index (χ2v) is 4.66. The lowest BCUT2D eigenvalue weighted by atomic mass is 9.96. The van der Waals surface area contributed by atoms with E-state index in [9.17, 15) is 4.79 Å². The van der Waals surface area contributed by atoms with Gasteiger partial charge >= 0.3 is 0 Å². The molecule has 3 rings (SSSR count). The van der Waals surface area contributed by atoms with Crippen molar-refractivity contribution in [3.63, 3.8) is 0 Å². The molecule has 19 heavy (non-hydrogen) atoms. The SMILES string of the molecule is Cc1nc(CNC(=O)c2noc3c2CCCC3)n[nH]1. The molecular formula is C12H15N5O2. The second kappa shape index (κ2) is 4.83. The summed E-state index contributed by atoms with van der Waals surface area (Å²) in [5.74, 6) is 1.91. The highest BCUT2D eigenvalue weighted by molar-refractivity contribution is 5.93. The van der Waals surface area contributed by atoms with Gasteiger partial charge in [0.1, 0.15) is 11.6 Å². The third kappa shape index (κ3) is 2.35. The van der Waals surface area contributed by atoms with Crippen molar-refractivity contribution in [3.05, 3.63) is 28.7 Å². The van der Waals surface area contributed by atoms with Gasteiger partial charge in [-0.1, -0.05) is 5.16 Å². The molecular weight excluding hydrogens is 246 g/mol. The van der Waals surface area contributed by atoms with Crippen molar-refractivity contribution in [1.82, 2.24) is 25.7 Å². The van der Waals surface area contributed by atoms with Gasteiger partial charge in [-0.05, 0) is 26.2 Å². The summed E-state index contributed by atoms with van der Waals surface area (Å²) >= 11 is 0. The van der Waals surface area contributed by atoms with Gasteiger partial charge < -0.3 is 9.84 Å². The Hall–Kier alpha value is -2.18. The van der Waals surface area contributed by atoms with E-state index in [1.165, 1.54) is 0 Å². The Kier molecular flexibility index (Phi) is 3.02. The number of fused-ring (bicyclic) bond motifs is 1. The fourth-order valence-electron chi connectivity index (χ4n) is 2.27. The molecule has 0 aliphatic heterocycles. The van der Waals surface area contributed by atoms with E-state index in [1.54, 1.807) is 0 Å². The predicted molar refractivity (Wildman–Crippen MR) is 65.4 cm³/mol. The number of rotatable bonds is 3. The maximum atomic E-state index is 12.1. The smallest absolute Gasteiger partial charge is 0.274 e. The Bertz CT molecular complexity index is 601. The monoisotopic (exact) mass is 261 g/mol. The normalized spacial score (nSPS) is 14.2. The van der Waals surface area contributed by atoms with Gasteiger partial charge in [0.25, 0.3) is 5.91 Å². The van der Waals surface area contributed by atoms with Gasteiger partial charge in [0.05, 0.1) is 6.54 Å². The molecule has 0 bridgehead atoms. The number of nitrogens with one attached hydrogen (secondary N) is 2. The van der Waals surface area contributed by atoms with Crippen molar-refractivity contribution in [3.8, 4) is 0 Å². The number of carbonyl (C=O) groups excluding carboxylic acids is 1. The number of hydrogen-bond donors (Lipinski definition) is 2. The van der Waals surface area contributed by atoms with Crippen LogP contribution in [-0.2, 0) is 19.4 Å². The lowest BCUT2D eigenvalue weighted by molar-refractivity contribution is 0.0940. The molecule has 7 nitrogen and oxygen atoms in total. The molecule has 100 valence electrons. The van der Waals surface area contributed by atoms with Crippen LogP contribution in [0.2, 0.25) is 0 Å². The molecule has 1 amide bonds. The highest BCUT2D eigenvalue weighted by Gasteiger charge is 2.23. The molecule has 0 radical (unpaired) electrons. The molecule has 0 spiro atoms. The summed E-state index contributed by atoms with van der Waals surface area (Å²) in [7, 11) is 0. The number of amides is 1. The van der Waals surface area contributed by atoms with Crippen molar-refractivity contribution in [2.75, 3.05) is 0 Å². The summed E-state index contributed by atoms with van der Waals surface area (Å²) in [6, 6.07) is 0. The zero-order valence-corrected chi connectivity index (χ0v) is 10.7. The van der Waals surface area contributed by atoms with E-state index in [4.69, 9.17) is 4.52 Å². The molecule has 2 aromatic rings. The maximum absolute atomic E-state index is 12.1. The van der Waals surface area contributed by atoms with Crippen molar-refractivity contribution >= 4 is 5.91 Å².